The minimum Gasteiger partial charge on any atom is -0.396 e. The molecule has 9 heteroatoms. The Morgan fingerprint density at radius 1 is 1.46 bits per heavy atom. The average molecular weight is 386 g/mol. The lowest BCUT2D eigenvalue weighted by Crippen LogP contribution is -2.46. The van der Waals surface area contributed by atoms with Crippen LogP contribution in [0.3, 0.4) is 0 Å². The maximum Gasteiger partial charge on any atom is 0.247 e. The summed E-state index contributed by atoms with van der Waals surface area (Å²) >= 11 is 0. The molecule has 1 saturated heterocycles. The second-order valence-corrected chi connectivity index (χ2v) is 10.4. The van der Waals surface area contributed by atoms with E-state index in [9.17, 15) is 13.2 Å². The van der Waals surface area contributed by atoms with E-state index in [0.29, 0.717) is 31.7 Å². The molecule has 1 saturated carbocycles. The zero-order valence-corrected chi connectivity index (χ0v) is 16.0. The standard InChI is InChI=1S/C17H26N2O6S/c1-16(2,26(22,23)11-12-3-8-24-10-12)15(21)18-14-9-13(19-25-14)17(4-5-17)6-7-20/h9,12,20H,3-8,10-11H2,1-2H3,(H,18,21)/t12-/m0/s1. The van der Waals surface area contributed by atoms with Crippen LogP contribution >= 0.6 is 0 Å². The van der Waals surface area contributed by atoms with Crippen LogP contribution in [0, 0.1) is 5.92 Å². The Morgan fingerprint density at radius 2 is 2.19 bits per heavy atom. The Bertz CT molecular complexity index is 760. The Hall–Kier alpha value is -1.45. The van der Waals surface area contributed by atoms with Crippen LogP contribution in [0.1, 0.15) is 45.2 Å². The van der Waals surface area contributed by atoms with Crippen molar-refractivity contribution >= 4 is 21.6 Å². The topological polar surface area (TPSA) is 119 Å². The molecule has 3 rings (SSSR count). The summed E-state index contributed by atoms with van der Waals surface area (Å²) in [6.45, 7) is 3.83. The van der Waals surface area contributed by atoms with Gasteiger partial charge in [-0.05, 0) is 45.4 Å². The summed E-state index contributed by atoms with van der Waals surface area (Å²) in [6.07, 6.45) is 3.11. The molecule has 1 atom stereocenters. The van der Waals surface area contributed by atoms with Crippen molar-refractivity contribution < 1.29 is 27.6 Å². The lowest BCUT2D eigenvalue weighted by Gasteiger charge is -2.24. The van der Waals surface area contributed by atoms with Crippen LogP contribution in [0.25, 0.3) is 0 Å². The molecule has 2 fully saturated rings. The third kappa shape index (κ3) is 3.65. The Morgan fingerprint density at radius 3 is 2.77 bits per heavy atom. The number of amides is 1. The van der Waals surface area contributed by atoms with Crippen LogP contribution in [0.5, 0.6) is 0 Å². The van der Waals surface area contributed by atoms with Crippen LogP contribution in [-0.4, -0.2) is 54.9 Å². The zero-order chi connectivity index (χ0) is 19.0. The summed E-state index contributed by atoms with van der Waals surface area (Å²) in [6, 6.07) is 1.62. The maximum atomic E-state index is 12.7. The van der Waals surface area contributed by atoms with E-state index in [4.69, 9.17) is 14.4 Å². The molecule has 8 nitrogen and oxygen atoms in total. The van der Waals surface area contributed by atoms with Crippen molar-refractivity contribution in [1.82, 2.24) is 5.16 Å². The number of carbonyl (C=O) groups excluding carboxylic acids is 1. The summed E-state index contributed by atoms with van der Waals surface area (Å²) < 4.78 is 34.2. The van der Waals surface area contributed by atoms with Gasteiger partial charge in [0, 0.05) is 24.7 Å². The van der Waals surface area contributed by atoms with Gasteiger partial charge in [0.15, 0.2) is 9.84 Å². The van der Waals surface area contributed by atoms with E-state index in [1.54, 1.807) is 6.07 Å². The predicted octanol–water partition coefficient (Wildman–Crippen LogP) is 1.26. The Kier molecular flexibility index (Phi) is 5.15. The quantitative estimate of drug-likeness (QED) is 0.690. The summed E-state index contributed by atoms with van der Waals surface area (Å²) in [5, 5.41) is 15.7. The van der Waals surface area contributed by atoms with E-state index in [1.165, 1.54) is 13.8 Å². The monoisotopic (exact) mass is 386 g/mol. The second kappa shape index (κ2) is 6.94. The fourth-order valence-corrected chi connectivity index (χ4v) is 4.85. The van der Waals surface area contributed by atoms with E-state index in [0.717, 1.165) is 12.8 Å². The highest BCUT2D eigenvalue weighted by molar-refractivity contribution is 7.93. The van der Waals surface area contributed by atoms with Gasteiger partial charge >= 0.3 is 0 Å². The number of carbonyl (C=O) groups is 1. The van der Waals surface area contributed by atoms with Gasteiger partial charge in [0.05, 0.1) is 18.1 Å². The number of rotatable bonds is 8. The highest BCUT2D eigenvalue weighted by atomic mass is 32.2. The number of ether oxygens (including phenoxy) is 1. The highest BCUT2D eigenvalue weighted by Gasteiger charge is 2.47. The maximum absolute atomic E-state index is 12.7. The van der Waals surface area contributed by atoms with Gasteiger partial charge in [0.25, 0.3) is 0 Å². The molecule has 0 radical (unpaired) electrons. The van der Waals surface area contributed by atoms with Gasteiger partial charge in [0.1, 0.15) is 4.75 Å². The molecule has 0 spiro atoms. The van der Waals surface area contributed by atoms with E-state index in [1.807, 2.05) is 0 Å². The van der Waals surface area contributed by atoms with Gasteiger partial charge < -0.3 is 14.4 Å². The van der Waals surface area contributed by atoms with E-state index < -0.39 is 20.5 Å². The largest absolute Gasteiger partial charge is 0.396 e. The number of aromatic nitrogens is 1. The van der Waals surface area contributed by atoms with Crippen LogP contribution in [0.15, 0.2) is 10.6 Å². The molecule has 1 aromatic rings. The molecular weight excluding hydrogens is 360 g/mol. The summed E-state index contributed by atoms with van der Waals surface area (Å²) in [5.74, 6) is -0.667. The number of hydrogen-bond acceptors (Lipinski definition) is 7. The summed E-state index contributed by atoms with van der Waals surface area (Å²) in [4.78, 5) is 12.6. The highest BCUT2D eigenvalue weighted by Crippen LogP contribution is 2.50. The van der Waals surface area contributed by atoms with E-state index in [2.05, 4.69) is 10.5 Å². The first-order valence-corrected chi connectivity index (χ1v) is 10.5. The SMILES string of the molecule is CC(C)(C(=O)Nc1cc(C2(CCO)CC2)no1)S(=O)(=O)C[C@H]1CCOC1. The number of hydrogen-bond donors (Lipinski definition) is 2. The van der Waals surface area contributed by atoms with Gasteiger partial charge in [-0.15, -0.1) is 0 Å². The van der Waals surface area contributed by atoms with Crippen molar-refractivity contribution in [3.63, 3.8) is 0 Å². The van der Waals surface area contributed by atoms with Gasteiger partial charge in [-0.2, -0.15) is 0 Å². The molecule has 0 bridgehead atoms. The number of aliphatic hydroxyl groups excluding tert-OH is 1. The number of anilines is 1. The minimum absolute atomic E-state index is 0.0602. The third-order valence-electron chi connectivity index (χ3n) is 5.54. The van der Waals surface area contributed by atoms with Crippen molar-refractivity contribution in [3.05, 3.63) is 11.8 Å². The first-order valence-electron chi connectivity index (χ1n) is 8.90. The van der Waals surface area contributed by atoms with Crippen LogP contribution in [0.4, 0.5) is 5.88 Å². The first kappa shape index (κ1) is 19.3. The molecule has 1 aliphatic heterocycles. The second-order valence-electron chi connectivity index (χ2n) is 7.81. The van der Waals surface area contributed by atoms with Gasteiger partial charge in [0.2, 0.25) is 11.8 Å². The van der Waals surface area contributed by atoms with Crippen LogP contribution in [-0.2, 0) is 24.8 Å². The van der Waals surface area contributed by atoms with Crippen molar-refractivity contribution in [1.29, 1.82) is 0 Å². The molecule has 26 heavy (non-hydrogen) atoms. The third-order valence-corrected chi connectivity index (χ3v) is 8.19. The lowest BCUT2D eigenvalue weighted by molar-refractivity contribution is -0.118. The van der Waals surface area contributed by atoms with Gasteiger partial charge in [-0.1, -0.05) is 5.16 Å². The van der Waals surface area contributed by atoms with Crippen LogP contribution < -0.4 is 5.32 Å². The van der Waals surface area contributed by atoms with Crippen molar-refractivity contribution in [3.8, 4) is 0 Å². The number of sulfone groups is 1. The molecule has 2 aliphatic rings. The van der Waals surface area contributed by atoms with E-state index in [-0.39, 0.29) is 29.6 Å². The molecular formula is C17H26N2O6S. The van der Waals surface area contributed by atoms with E-state index >= 15 is 0 Å². The fourth-order valence-electron chi connectivity index (χ4n) is 3.22. The molecule has 0 unspecified atom stereocenters. The molecule has 0 aromatic carbocycles. The van der Waals surface area contributed by atoms with Crippen molar-refractivity contribution in [2.45, 2.75) is 49.7 Å². The summed E-state index contributed by atoms with van der Waals surface area (Å²) in [5.41, 5.74) is 0.510. The Labute approximate surface area is 153 Å². The summed E-state index contributed by atoms with van der Waals surface area (Å²) in [7, 11) is -3.67. The first-order chi connectivity index (χ1) is 12.2. The Balaban J connectivity index is 1.67. The number of nitrogens with one attached hydrogen (secondary N) is 1. The zero-order valence-electron chi connectivity index (χ0n) is 15.2. The average Bonchev–Trinajstić information content (AvgIpc) is 2.97. The number of nitrogens with zero attached hydrogens (tertiary/aromatic N) is 1. The lowest BCUT2D eigenvalue weighted by atomic mass is 9.99. The molecule has 2 heterocycles. The molecule has 2 N–H and O–H groups in total. The smallest absolute Gasteiger partial charge is 0.247 e. The van der Waals surface area contributed by atoms with Crippen LogP contribution in [0.2, 0.25) is 0 Å². The minimum atomic E-state index is -3.67. The molecule has 1 amide bonds. The van der Waals surface area contributed by atoms with Crippen molar-refractivity contribution in [2.24, 2.45) is 5.92 Å². The fraction of sp³-hybridized carbons (Fsp3) is 0.765. The van der Waals surface area contributed by atoms with Gasteiger partial charge in [-0.3, -0.25) is 10.1 Å². The molecule has 1 aliphatic carbocycles. The van der Waals surface area contributed by atoms with Crippen molar-refractivity contribution in [2.75, 3.05) is 30.9 Å². The molecule has 1 aromatic heterocycles. The number of aliphatic hydroxyl groups is 1. The molecule has 146 valence electrons. The van der Waals surface area contributed by atoms with Gasteiger partial charge in [-0.25, -0.2) is 8.42 Å². The predicted molar refractivity (Wildman–Crippen MR) is 94.5 cm³/mol. The normalized spacial score (nSPS) is 22.3.